The molecule has 1 rings (SSSR count). The lowest BCUT2D eigenvalue weighted by Crippen LogP contribution is -2.22. The van der Waals surface area contributed by atoms with Crippen molar-refractivity contribution in [3.63, 3.8) is 0 Å². The Morgan fingerprint density at radius 1 is 1.11 bits per heavy atom. The highest BCUT2D eigenvalue weighted by atomic mass is 16.5. The van der Waals surface area contributed by atoms with Crippen LogP contribution in [-0.4, -0.2) is 19.2 Å². The summed E-state index contributed by atoms with van der Waals surface area (Å²) in [5.74, 6) is 1.70. The molecule has 0 heterocycles. The lowest BCUT2D eigenvalue weighted by molar-refractivity contribution is 0.207. The number of aryl methyl sites for hydroxylation is 1. The number of hydrogen-bond acceptors (Lipinski definition) is 2. The predicted octanol–water partition coefficient (Wildman–Crippen LogP) is 3.79. The summed E-state index contributed by atoms with van der Waals surface area (Å²) < 4.78 is 5.87. The van der Waals surface area contributed by atoms with E-state index in [1.807, 2.05) is 12.1 Å². The first kappa shape index (κ1) is 15.0. The first-order valence-corrected chi connectivity index (χ1v) is 7.02. The molecule has 1 aromatic rings. The molecule has 102 valence electrons. The smallest absolute Gasteiger partial charge is 0.119 e. The molecule has 0 bridgehead atoms. The van der Waals surface area contributed by atoms with Crippen LogP contribution in [0.2, 0.25) is 0 Å². The van der Waals surface area contributed by atoms with E-state index in [1.54, 1.807) is 0 Å². The van der Waals surface area contributed by atoms with Crippen molar-refractivity contribution in [2.45, 2.75) is 46.6 Å². The lowest BCUT2D eigenvalue weighted by atomic mass is 10.2. The largest absolute Gasteiger partial charge is 0.491 e. The Hall–Kier alpha value is -1.02. The Morgan fingerprint density at radius 3 is 2.39 bits per heavy atom. The van der Waals surface area contributed by atoms with Crippen LogP contribution in [0.25, 0.3) is 0 Å². The molecule has 1 atom stereocenters. The first-order valence-electron chi connectivity index (χ1n) is 7.02. The summed E-state index contributed by atoms with van der Waals surface area (Å²) in [6, 6.07) is 8.27. The topological polar surface area (TPSA) is 21.3 Å². The third-order valence-corrected chi connectivity index (χ3v) is 2.88. The van der Waals surface area contributed by atoms with E-state index in [2.05, 4.69) is 45.1 Å². The highest BCUT2D eigenvalue weighted by Gasteiger charge is 2.03. The van der Waals surface area contributed by atoms with E-state index in [1.165, 1.54) is 12.0 Å². The molecule has 18 heavy (non-hydrogen) atoms. The second-order valence-electron chi connectivity index (χ2n) is 5.48. The Balaban J connectivity index is 2.13. The van der Waals surface area contributed by atoms with Crippen LogP contribution in [0.1, 0.15) is 39.2 Å². The molecule has 1 aromatic carbocycles. The quantitative estimate of drug-likeness (QED) is 0.708. The average Bonchev–Trinajstić information content (AvgIpc) is 2.31. The van der Waals surface area contributed by atoms with Crippen LogP contribution in [0, 0.1) is 12.8 Å². The van der Waals surface area contributed by atoms with Gasteiger partial charge < -0.3 is 10.1 Å². The zero-order valence-corrected chi connectivity index (χ0v) is 12.2. The number of ether oxygens (including phenoxy) is 1. The summed E-state index contributed by atoms with van der Waals surface area (Å²) >= 11 is 0. The molecule has 0 aliphatic rings. The van der Waals surface area contributed by atoms with Gasteiger partial charge in [-0.2, -0.15) is 0 Å². The van der Waals surface area contributed by atoms with Crippen molar-refractivity contribution in [1.82, 2.24) is 5.32 Å². The molecule has 0 aliphatic heterocycles. The minimum atomic E-state index is 0.286. The maximum atomic E-state index is 5.87. The Bertz CT molecular complexity index is 318. The fraction of sp³-hybridized carbons (Fsp3) is 0.625. The van der Waals surface area contributed by atoms with Gasteiger partial charge in [0.25, 0.3) is 0 Å². The van der Waals surface area contributed by atoms with Gasteiger partial charge in [0, 0.05) is 0 Å². The molecule has 2 nitrogen and oxygen atoms in total. The Labute approximate surface area is 112 Å². The molecule has 0 saturated carbocycles. The molecule has 1 unspecified atom stereocenters. The molecular weight excluding hydrogens is 222 g/mol. The van der Waals surface area contributed by atoms with Crippen molar-refractivity contribution in [3.8, 4) is 5.75 Å². The van der Waals surface area contributed by atoms with Crippen molar-refractivity contribution in [2.24, 2.45) is 5.92 Å². The monoisotopic (exact) mass is 249 g/mol. The van der Waals surface area contributed by atoms with E-state index < -0.39 is 0 Å². The minimum Gasteiger partial charge on any atom is -0.491 e. The van der Waals surface area contributed by atoms with Crippen LogP contribution in [0.4, 0.5) is 0 Å². The summed E-state index contributed by atoms with van der Waals surface area (Å²) in [6.07, 6.45) is 2.55. The van der Waals surface area contributed by atoms with Gasteiger partial charge in [-0.3, -0.25) is 0 Å². The van der Waals surface area contributed by atoms with Crippen LogP contribution in [0.3, 0.4) is 0 Å². The van der Waals surface area contributed by atoms with Gasteiger partial charge in [-0.1, -0.05) is 31.5 Å². The van der Waals surface area contributed by atoms with Gasteiger partial charge in [0.1, 0.15) is 5.75 Å². The normalized spacial score (nSPS) is 12.7. The van der Waals surface area contributed by atoms with Crippen molar-refractivity contribution in [1.29, 1.82) is 0 Å². The molecule has 0 aliphatic carbocycles. The molecule has 0 saturated heterocycles. The maximum absolute atomic E-state index is 5.87. The van der Waals surface area contributed by atoms with E-state index in [9.17, 15) is 0 Å². The standard InChI is InChI=1S/C16H27NO/c1-13(2)12-17-11-5-6-15(4)18-16-9-7-14(3)8-10-16/h7-10,13,15,17H,5-6,11-12H2,1-4H3. The van der Waals surface area contributed by atoms with Gasteiger partial charge in [0.2, 0.25) is 0 Å². The van der Waals surface area contributed by atoms with Gasteiger partial charge >= 0.3 is 0 Å². The molecule has 0 radical (unpaired) electrons. The molecule has 2 heteroatoms. The zero-order valence-electron chi connectivity index (χ0n) is 12.2. The summed E-state index contributed by atoms with van der Waals surface area (Å²) in [5, 5.41) is 3.46. The number of hydrogen-bond donors (Lipinski definition) is 1. The second-order valence-corrected chi connectivity index (χ2v) is 5.48. The first-order chi connectivity index (χ1) is 8.58. The maximum Gasteiger partial charge on any atom is 0.119 e. The minimum absolute atomic E-state index is 0.286. The fourth-order valence-electron chi connectivity index (χ4n) is 1.81. The van der Waals surface area contributed by atoms with Crippen LogP contribution in [0.15, 0.2) is 24.3 Å². The average molecular weight is 249 g/mol. The summed E-state index contributed by atoms with van der Waals surface area (Å²) in [6.45, 7) is 10.9. The Morgan fingerprint density at radius 2 is 1.78 bits per heavy atom. The van der Waals surface area contributed by atoms with Crippen LogP contribution < -0.4 is 10.1 Å². The van der Waals surface area contributed by atoms with Crippen molar-refractivity contribution in [3.05, 3.63) is 29.8 Å². The van der Waals surface area contributed by atoms with E-state index in [0.717, 1.165) is 31.2 Å². The van der Waals surface area contributed by atoms with Gasteiger partial charge in [-0.25, -0.2) is 0 Å². The van der Waals surface area contributed by atoms with Gasteiger partial charge in [-0.05, 0) is 57.8 Å². The van der Waals surface area contributed by atoms with Gasteiger partial charge in [-0.15, -0.1) is 0 Å². The highest BCUT2D eigenvalue weighted by Crippen LogP contribution is 2.14. The third kappa shape index (κ3) is 6.65. The molecular formula is C16H27NO. The van der Waals surface area contributed by atoms with E-state index in [-0.39, 0.29) is 6.10 Å². The summed E-state index contributed by atoms with van der Waals surface area (Å²) in [7, 11) is 0. The molecule has 0 amide bonds. The number of rotatable bonds is 8. The molecule has 0 spiro atoms. The van der Waals surface area contributed by atoms with Crippen molar-refractivity contribution >= 4 is 0 Å². The van der Waals surface area contributed by atoms with Gasteiger partial charge in [0.15, 0.2) is 0 Å². The summed E-state index contributed by atoms with van der Waals surface area (Å²) in [4.78, 5) is 0. The van der Waals surface area contributed by atoms with Crippen molar-refractivity contribution < 1.29 is 4.74 Å². The van der Waals surface area contributed by atoms with E-state index in [0.29, 0.717) is 0 Å². The van der Waals surface area contributed by atoms with E-state index in [4.69, 9.17) is 4.74 Å². The van der Waals surface area contributed by atoms with Crippen LogP contribution >= 0.6 is 0 Å². The van der Waals surface area contributed by atoms with Crippen LogP contribution in [-0.2, 0) is 0 Å². The van der Waals surface area contributed by atoms with Crippen molar-refractivity contribution in [2.75, 3.05) is 13.1 Å². The lowest BCUT2D eigenvalue weighted by Gasteiger charge is -2.15. The SMILES string of the molecule is Cc1ccc(OC(C)CCCNCC(C)C)cc1. The Kier molecular flexibility index (Phi) is 6.81. The molecule has 1 N–H and O–H groups in total. The second kappa shape index (κ2) is 8.15. The number of nitrogens with one attached hydrogen (secondary N) is 1. The highest BCUT2D eigenvalue weighted by molar-refractivity contribution is 5.26. The molecule has 0 fully saturated rings. The van der Waals surface area contributed by atoms with Gasteiger partial charge in [0.05, 0.1) is 6.10 Å². The number of benzene rings is 1. The zero-order chi connectivity index (χ0) is 13.4. The van der Waals surface area contributed by atoms with Crippen LogP contribution in [0.5, 0.6) is 5.75 Å². The van der Waals surface area contributed by atoms with E-state index >= 15 is 0 Å². The molecule has 0 aromatic heterocycles. The third-order valence-electron chi connectivity index (χ3n) is 2.88. The predicted molar refractivity (Wildman–Crippen MR) is 78.2 cm³/mol. The summed E-state index contributed by atoms with van der Waals surface area (Å²) in [5.41, 5.74) is 1.27. The fourth-order valence-corrected chi connectivity index (χ4v) is 1.81.